The minimum Gasteiger partial charge on any atom is -0.388 e. The van der Waals surface area contributed by atoms with Crippen LogP contribution in [0.25, 0.3) is 0 Å². The van der Waals surface area contributed by atoms with Gasteiger partial charge in [-0.3, -0.25) is 4.79 Å². The molecule has 0 radical (unpaired) electrons. The summed E-state index contributed by atoms with van der Waals surface area (Å²) in [5, 5.41) is 10.1. The molecule has 0 aromatic heterocycles. The van der Waals surface area contributed by atoms with E-state index < -0.39 is 6.10 Å². The van der Waals surface area contributed by atoms with Gasteiger partial charge in [0.1, 0.15) is 0 Å². The second-order valence-electron chi connectivity index (χ2n) is 6.12. The number of benzene rings is 2. The maximum atomic E-state index is 12.8. The maximum Gasteiger partial charge on any atom is 0.239 e. The normalized spacial score (nSPS) is 16.3. The third-order valence-corrected chi connectivity index (χ3v) is 5.62. The number of aliphatic hydroxyl groups excluding tert-OH is 1. The zero-order chi connectivity index (χ0) is 16.9. The molecule has 0 spiro atoms. The molecular weight excluding hydrogens is 318 g/mol. The summed E-state index contributed by atoms with van der Waals surface area (Å²) in [5.74, 6) is 0.652. The minimum atomic E-state index is -0.542. The van der Waals surface area contributed by atoms with Gasteiger partial charge < -0.3 is 10.0 Å². The Morgan fingerprint density at radius 2 is 1.88 bits per heavy atom. The molecule has 3 nitrogen and oxygen atoms in total. The van der Waals surface area contributed by atoms with E-state index in [1.807, 2.05) is 60.4 Å². The van der Waals surface area contributed by atoms with Crippen molar-refractivity contribution in [1.29, 1.82) is 0 Å². The van der Waals surface area contributed by atoms with Crippen LogP contribution >= 0.6 is 11.8 Å². The summed E-state index contributed by atoms with van der Waals surface area (Å²) in [6, 6.07) is 17.8. The molecule has 0 fully saturated rings. The zero-order valence-electron chi connectivity index (χ0n) is 13.9. The number of hydrogen-bond acceptors (Lipinski definition) is 3. The number of aliphatic hydroxyl groups is 1. The summed E-state index contributed by atoms with van der Waals surface area (Å²) in [7, 11) is 0. The molecule has 1 amide bonds. The second-order valence-corrected chi connectivity index (χ2v) is 7.50. The van der Waals surface area contributed by atoms with Gasteiger partial charge in [0.05, 0.1) is 11.4 Å². The van der Waals surface area contributed by atoms with E-state index in [2.05, 4.69) is 6.07 Å². The smallest absolute Gasteiger partial charge is 0.239 e. The van der Waals surface area contributed by atoms with E-state index in [1.54, 1.807) is 0 Å². The van der Waals surface area contributed by atoms with Gasteiger partial charge in [0.2, 0.25) is 5.91 Å². The van der Waals surface area contributed by atoms with Crippen LogP contribution in [0.5, 0.6) is 0 Å². The van der Waals surface area contributed by atoms with Crippen LogP contribution in [-0.4, -0.2) is 28.6 Å². The van der Waals surface area contributed by atoms with Crippen LogP contribution in [0.15, 0.2) is 54.6 Å². The highest BCUT2D eigenvalue weighted by molar-refractivity contribution is 8.00. The van der Waals surface area contributed by atoms with Crippen LogP contribution in [0.1, 0.15) is 30.6 Å². The summed E-state index contributed by atoms with van der Waals surface area (Å²) in [6.07, 6.45) is 1.50. The van der Waals surface area contributed by atoms with E-state index in [4.69, 9.17) is 0 Å². The highest BCUT2D eigenvalue weighted by Gasteiger charge is 2.26. The molecule has 0 saturated carbocycles. The van der Waals surface area contributed by atoms with Crippen LogP contribution in [-0.2, 0) is 11.2 Å². The van der Waals surface area contributed by atoms with Crippen LogP contribution in [0.4, 0.5) is 5.69 Å². The lowest BCUT2D eigenvalue weighted by Gasteiger charge is -2.31. The lowest BCUT2D eigenvalue weighted by Crippen LogP contribution is -2.40. The largest absolute Gasteiger partial charge is 0.388 e. The number of amides is 1. The average molecular weight is 341 g/mol. The average Bonchev–Trinajstić information content (AvgIpc) is 2.65. The Labute approximate surface area is 147 Å². The Balaban J connectivity index is 1.61. The van der Waals surface area contributed by atoms with Crippen LogP contribution in [0.2, 0.25) is 0 Å². The number of fused-ring (bicyclic) bond motifs is 1. The fraction of sp³-hybridized carbons (Fsp3) is 0.350. The van der Waals surface area contributed by atoms with Crippen molar-refractivity contribution in [3.63, 3.8) is 0 Å². The van der Waals surface area contributed by atoms with Crippen molar-refractivity contribution in [2.24, 2.45) is 0 Å². The summed E-state index contributed by atoms with van der Waals surface area (Å²) in [4.78, 5) is 14.7. The third kappa shape index (κ3) is 3.82. The molecule has 0 saturated heterocycles. The zero-order valence-corrected chi connectivity index (χ0v) is 14.7. The van der Waals surface area contributed by atoms with Gasteiger partial charge in [0.15, 0.2) is 0 Å². The van der Waals surface area contributed by atoms with Crippen molar-refractivity contribution in [1.82, 2.24) is 0 Å². The van der Waals surface area contributed by atoms with E-state index in [0.29, 0.717) is 5.75 Å². The first kappa shape index (κ1) is 17.1. The van der Waals surface area contributed by atoms with Gasteiger partial charge in [-0.25, -0.2) is 0 Å². The number of aryl methyl sites for hydroxylation is 1. The van der Waals surface area contributed by atoms with Gasteiger partial charge >= 0.3 is 0 Å². The van der Waals surface area contributed by atoms with E-state index in [0.717, 1.165) is 30.6 Å². The molecule has 0 bridgehead atoms. The van der Waals surface area contributed by atoms with Crippen LogP contribution in [0, 0.1) is 0 Å². The third-order valence-electron chi connectivity index (χ3n) is 4.41. The second kappa shape index (κ2) is 7.86. The number of nitrogens with zero attached hydrogens (tertiary/aromatic N) is 1. The monoisotopic (exact) mass is 341 g/mol. The first-order valence-corrected chi connectivity index (χ1v) is 9.45. The molecule has 24 heavy (non-hydrogen) atoms. The van der Waals surface area contributed by atoms with E-state index in [1.165, 1.54) is 17.3 Å². The molecule has 4 heteroatoms. The Kier molecular flexibility index (Phi) is 5.59. The fourth-order valence-corrected chi connectivity index (χ4v) is 3.99. The van der Waals surface area contributed by atoms with Gasteiger partial charge in [-0.05, 0) is 37.0 Å². The first-order chi connectivity index (χ1) is 11.7. The van der Waals surface area contributed by atoms with Crippen LogP contribution < -0.4 is 4.90 Å². The number of anilines is 1. The van der Waals surface area contributed by atoms with Crippen molar-refractivity contribution in [2.45, 2.75) is 31.1 Å². The highest BCUT2D eigenvalue weighted by Crippen LogP contribution is 2.29. The quantitative estimate of drug-likeness (QED) is 0.899. The van der Waals surface area contributed by atoms with E-state index >= 15 is 0 Å². The predicted octanol–water partition coefficient (Wildman–Crippen LogP) is 3.82. The van der Waals surface area contributed by atoms with Crippen molar-refractivity contribution in [3.05, 3.63) is 65.7 Å². The van der Waals surface area contributed by atoms with E-state index in [-0.39, 0.29) is 11.2 Å². The topological polar surface area (TPSA) is 40.5 Å². The first-order valence-electron chi connectivity index (χ1n) is 8.40. The Morgan fingerprint density at radius 3 is 2.67 bits per heavy atom. The fourth-order valence-electron chi connectivity index (χ4n) is 3.06. The van der Waals surface area contributed by atoms with Crippen molar-refractivity contribution in [2.75, 3.05) is 17.2 Å². The maximum absolute atomic E-state index is 12.8. The van der Waals surface area contributed by atoms with Gasteiger partial charge in [0, 0.05) is 18.0 Å². The lowest BCUT2D eigenvalue weighted by atomic mass is 10.0. The molecule has 3 rings (SSSR count). The molecule has 2 aromatic carbocycles. The van der Waals surface area contributed by atoms with Gasteiger partial charge in [-0.2, -0.15) is 0 Å². The number of carbonyl (C=O) groups is 1. The van der Waals surface area contributed by atoms with E-state index in [9.17, 15) is 9.90 Å². The van der Waals surface area contributed by atoms with Crippen molar-refractivity contribution >= 4 is 23.4 Å². The number of hydrogen-bond donors (Lipinski definition) is 1. The SMILES string of the molecule is C[C@@H](SC[C@@H](O)c1ccccc1)C(=O)N1CCCc2ccccc21. The summed E-state index contributed by atoms with van der Waals surface area (Å²) >= 11 is 1.51. The molecular formula is C20H23NO2S. The number of para-hydroxylation sites is 1. The highest BCUT2D eigenvalue weighted by atomic mass is 32.2. The molecule has 1 aliphatic rings. The Bertz CT molecular complexity index is 689. The summed E-state index contributed by atoms with van der Waals surface area (Å²) in [6.45, 7) is 2.71. The Morgan fingerprint density at radius 1 is 1.17 bits per heavy atom. The Hall–Kier alpha value is -1.78. The lowest BCUT2D eigenvalue weighted by molar-refractivity contribution is -0.117. The molecule has 2 aromatic rings. The van der Waals surface area contributed by atoms with Gasteiger partial charge in [-0.1, -0.05) is 48.5 Å². The minimum absolute atomic E-state index is 0.132. The molecule has 2 atom stereocenters. The number of thioether (sulfide) groups is 1. The molecule has 1 aliphatic heterocycles. The standard InChI is InChI=1S/C20H23NO2S/c1-15(24-14-19(22)17-9-3-2-4-10-17)20(23)21-13-7-11-16-8-5-6-12-18(16)21/h2-6,8-10,12,15,19,22H,7,11,13-14H2,1H3/t15-,19-/m1/s1. The number of rotatable bonds is 5. The van der Waals surface area contributed by atoms with Crippen molar-refractivity contribution in [3.8, 4) is 0 Å². The van der Waals surface area contributed by atoms with Gasteiger partial charge in [-0.15, -0.1) is 11.8 Å². The molecule has 1 heterocycles. The van der Waals surface area contributed by atoms with Crippen LogP contribution in [0.3, 0.4) is 0 Å². The van der Waals surface area contributed by atoms with Gasteiger partial charge in [0.25, 0.3) is 0 Å². The van der Waals surface area contributed by atoms with Crippen molar-refractivity contribution < 1.29 is 9.90 Å². The predicted molar refractivity (Wildman–Crippen MR) is 100 cm³/mol. The molecule has 126 valence electrons. The summed E-state index contributed by atoms with van der Waals surface area (Å²) < 4.78 is 0. The molecule has 0 aliphatic carbocycles. The number of carbonyl (C=O) groups excluding carboxylic acids is 1. The molecule has 0 unspecified atom stereocenters. The molecule has 1 N–H and O–H groups in total. The summed E-state index contributed by atoms with van der Waals surface area (Å²) in [5.41, 5.74) is 3.19.